The minimum atomic E-state index is -1.10. The van der Waals surface area contributed by atoms with Crippen molar-refractivity contribution in [2.75, 3.05) is 33.4 Å². The van der Waals surface area contributed by atoms with Gasteiger partial charge in [0.2, 0.25) is 0 Å². The Hall–Kier alpha value is -2.86. The van der Waals surface area contributed by atoms with Crippen LogP contribution in [-0.2, 0) is 0 Å². The molecule has 0 unspecified atom stereocenters. The standard InChI is InChI=1S/C24H27N3O4S/c1-24(2,29)9-8-18-15-19-22(32-18)23(28)27(16-25-19)17-6-7-20(21(14-17)30-3)31-13-12-26-10-4-5-11-26/h6-7,14-16,29H,4-5,10-13H2,1-3H3. The fourth-order valence-electron chi connectivity index (χ4n) is 3.59. The highest BCUT2D eigenvalue weighted by Gasteiger charge is 2.14. The van der Waals surface area contributed by atoms with Crippen molar-refractivity contribution in [3.05, 3.63) is 45.8 Å². The number of benzene rings is 1. The second kappa shape index (κ2) is 9.33. The van der Waals surface area contributed by atoms with Crippen molar-refractivity contribution in [1.82, 2.24) is 14.5 Å². The van der Waals surface area contributed by atoms with Gasteiger partial charge >= 0.3 is 0 Å². The van der Waals surface area contributed by atoms with Crippen LogP contribution in [0.1, 0.15) is 31.6 Å². The summed E-state index contributed by atoms with van der Waals surface area (Å²) in [6, 6.07) is 7.19. The van der Waals surface area contributed by atoms with Gasteiger partial charge in [0, 0.05) is 12.6 Å². The molecule has 8 heteroatoms. The predicted octanol–water partition coefficient (Wildman–Crippen LogP) is 3.05. The van der Waals surface area contributed by atoms with Gasteiger partial charge in [-0.1, -0.05) is 11.8 Å². The molecule has 1 aliphatic heterocycles. The van der Waals surface area contributed by atoms with Crippen molar-refractivity contribution in [3.8, 4) is 29.0 Å². The van der Waals surface area contributed by atoms with E-state index in [9.17, 15) is 9.90 Å². The lowest BCUT2D eigenvalue weighted by atomic mass is 10.1. The largest absolute Gasteiger partial charge is 0.493 e. The van der Waals surface area contributed by atoms with Crippen LogP contribution < -0.4 is 15.0 Å². The molecule has 0 saturated carbocycles. The molecule has 168 valence electrons. The number of nitrogens with zero attached hydrogens (tertiary/aromatic N) is 3. The van der Waals surface area contributed by atoms with E-state index < -0.39 is 5.60 Å². The van der Waals surface area contributed by atoms with Gasteiger partial charge in [-0.3, -0.25) is 14.3 Å². The van der Waals surface area contributed by atoms with Gasteiger partial charge in [0.25, 0.3) is 5.56 Å². The molecule has 4 rings (SSSR count). The number of fused-ring (bicyclic) bond motifs is 1. The molecule has 7 nitrogen and oxygen atoms in total. The molecule has 1 saturated heterocycles. The number of rotatable bonds is 6. The molecule has 1 N–H and O–H groups in total. The first-order valence-electron chi connectivity index (χ1n) is 10.6. The van der Waals surface area contributed by atoms with Gasteiger partial charge in [-0.05, 0) is 58.0 Å². The molecular weight excluding hydrogens is 426 g/mol. The molecule has 1 fully saturated rings. The molecule has 3 aromatic rings. The normalized spacial score (nSPS) is 14.4. The zero-order chi connectivity index (χ0) is 22.7. The second-order valence-electron chi connectivity index (χ2n) is 8.29. The number of methoxy groups -OCH3 is 1. The summed E-state index contributed by atoms with van der Waals surface area (Å²) in [6.07, 6.45) is 4.01. The van der Waals surface area contributed by atoms with Crippen LogP contribution in [0.15, 0.2) is 35.4 Å². The molecule has 0 atom stereocenters. The number of ether oxygens (including phenoxy) is 2. The van der Waals surface area contributed by atoms with Crippen LogP contribution in [0.4, 0.5) is 0 Å². The Labute approximate surface area is 191 Å². The molecule has 0 amide bonds. The zero-order valence-corrected chi connectivity index (χ0v) is 19.4. The van der Waals surface area contributed by atoms with Crippen molar-refractivity contribution < 1.29 is 14.6 Å². The van der Waals surface area contributed by atoms with Crippen molar-refractivity contribution in [1.29, 1.82) is 0 Å². The molecule has 32 heavy (non-hydrogen) atoms. The van der Waals surface area contributed by atoms with Crippen molar-refractivity contribution in [2.24, 2.45) is 0 Å². The maximum Gasteiger partial charge on any atom is 0.275 e. The third-order valence-electron chi connectivity index (χ3n) is 5.22. The van der Waals surface area contributed by atoms with E-state index in [4.69, 9.17) is 9.47 Å². The second-order valence-corrected chi connectivity index (χ2v) is 9.34. The lowest BCUT2D eigenvalue weighted by Gasteiger charge is -2.17. The molecule has 3 heterocycles. The quantitative estimate of drug-likeness (QED) is 0.578. The first-order chi connectivity index (χ1) is 15.3. The number of likely N-dealkylation sites (tertiary alicyclic amines) is 1. The van der Waals surface area contributed by atoms with Crippen LogP contribution in [0.2, 0.25) is 0 Å². The first kappa shape index (κ1) is 22.3. The Morgan fingerprint density at radius 1 is 1.22 bits per heavy atom. The van der Waals surface area contributed by atoms with E-state index in [0.29, 0.717) is 38.9 Å². The molecule has 0 aliphatic carbocycles. The lowest BCUT2D eigenvalue weighted by molar-refractivity contribution is 0.143. The highest BCUT2D eigenvalue weighted by Crippen LogP contribution is 2.30. The van der Waals surface area contributed by atoms with Crippen LogP contribution in [0.5, 0.6) is 11.5 Å². The Morgan fingerprint density at radius 3 is 2.72 bits per heavy atom. The smallest absolute Gasteiger partial charge is 0.275 e. The Kier molecular flexibility index (Phi) is 6.51. The topological polar surface area (TPSA) is 76.8 Å². The molecular formula is C24H27N3O4S. The maximum absolute atomic E-state index is 13.1. The van der Waals surface area contributed by atoms with Crippen molar-refractivity contribution in [2.45, 2.75) is 32.3 Å². The highest BCUT2D eigenvalue weighted by atomic mass is 32.1. The fourth-order valence-corrected chi connectivity index (χ4v) is 4.48. The molecule has 0 bridgehead atoms. The summed E-state index contributed by atoms with van der Waals surface area (Å²) >= 11 is 1.27. The summed E-state index contributed by atoms with van der Waals surface area (Å²) in [6.45, 7) is 6.98. The summed E-state index contributed by atoms with van der Waals surface area (Å²) in [5.74, 6) is 6.90. The Balaban J connectivity index is 1.58. The summed E-state index contributed by atoms with van der Waals surface area (Å²) in [4.78, 5) is 20.6. The van der Waals surface area contributed by atoms with E-state index in [2.05, 4.69) is 21.7 Å². The van der Waals surface area contributed by atoms with E-state index in [1.165, 1.54) is 35.1 Å². The van der Waals surface area contributed by atoms with Crippen LogP contribution in [-0.4, -0.2) is 58.5 Å². The molecule has 0 radical (unpaired) electrons. The SMILES string of the molecule is COc1cc(-n2cnc3cc(C#CC(C)(C)O)sc3c2=O)ccc1OCCN1CCCC1. The van der Waals surface area contributed by atoms with E-state index in [1.807, 2.05) is 12.1 Å². The van der Waals surface area contributed by atoms with Gasteiger partial charge in [-0.25, -0.2) is 4.98 Å². The zero-order valence-electron chi connectivity index (χ0n) is 18.6. The molecule has 2 aromatic heterocycles. The van der Waals surface area contributed by atoms with Crippen molar-refractivity contribution >= 4 is 21.6 Å². The van der Waals surface area contributed by atoms with Crippen molar-refractivity contribution in [3.63, 3.8) is 0 Å². The third kappa shape index (κ3) is 5.13. The van der Waals surface area contributed by atoms with Crippen LogP contribution in [0.3, 0.4) is 0 Å². The predicted molar refractivity (Wildman–Crippen MR) is 126 cm³/mol. The van der Waals surface area contributed by atoms with Crippen LogP contribution in [0, 0.1) is 11.8 Å². The number of aliphatic hydroxyl groups is 1. The molecule has 1 aromatic carbocycles. The number of hydrogen-bond donors (Lipinski definition) is 1. The summed E-state index contributed by atoms with van der Waals surface area (Å²) in [5, 5.41) is 9.81. The van der Waals surface area contributed by atoms with Gasteiger partial charge in [0.05, 0.1) is 23.2 Å². The van der Waals surface area contributed by atoms with Crippen LogP contribution >= 0.6 is 11.3 Å². The molecule has 1 aliphatic rings. The number of aromatic nitrogens is 2. The summed E-state index contributed by atoms with van der Waals surface area (Å²) in [7, 11) is 1.59. The summed E-state index contributed by atoms with van der Waals surface area (Å²) in [5.41, 5.74) is -0.0459. The van der Waals surface area contributed by atoms with E-state index in [0.717, 1.165) is 19.6 Å². The maximum atomic E-state index is 13.1. The summed E-state index contributed by atoms with van der Waals surface area (Å²) < 4.78 is 13.4. The van der Waals surface area contributed by atoms with Gasteiger partial charge in [-0.2, -0.15) is 0 Å². The van der Waals surface area contributed by atoms with Gasteiger partial charge in [0.15, 0.2) is 11.5 Å². The Bertz CT molecular complexity index is 1220. The van der Waals surface area contributed by atoms with E-state index in [-0.39, 0.29) is 5.56 Å². The molecule has 0 spiro atoms. The lowest BCUT2D eigenvalue weighted by Crippen LogP contribution is -2.25. The van der Waals surface area contributed by atoms with Gasteiger partial charge in [0.1, 0.15) is 23.2 Å². The van der Waals surface area contributed by atoms with E-state index in [1.54, 1.807) is 33.1 Å². The number of hydrogen-bond acceptors (Lipinski definition) is 7. The number of thiophene rings is 1. The average Bonchev–Trinajstić information content (AvgIpc) is 3.42. The van der Waals surface area contributed by atoms with Gasteiger partial charge < -0.3 is 14.6 Å². The van der Waals surface area contributed by atoms with E-state index >= 15 is 0 Å². The Morgan fingerprint density at radius 2 is 2.00 bits per heavy atom. The minimum absolute atomic E-state index is 0.180. The third-order valence-corrected chi connectivity index (χ3v) is 6.25. The highest BCUT2D eigenvalue weighted by molar-refractivity contribution is 7.19. The first-order valence-corrected chi connectivity index (χ1v) is 11.5. The van der Waals surface area contributed by atoms with Gasteiger partial charge in [-0.15, -0.1) is 11.3 Å². The fraction of sp³-hybridized carbons (Fsp3) is 0.417. The monoisotopic (exact) mass is 453 g/mol. The average molecular weight is 454 g/mol. The van der Waals surface area contributed by atoms with Crippen LogP contribution in [0.25, 0.3) is 15.9 Å². The minimum Gasteiger partial charge on any atom is -0.493 e.